The van der Waals surface area contributed by atoms with E-state index < -0.39 is 0 Å². The van der Waals surface area contributed by atoms with Crippen molar-refractivity contribution in [3.8, 4) is 11.8 Å². The number of aliphatic hydroxyl groups excluding tert-OH is 1. The number of nitrogens with zero attached hydrogens (tertiary/aromatic N) is 1. The van der Waals surface area contributed by atoms with Crippen LogP contribution in [0.5, 0.6) is 0 Å². The second-order valence-electron chi connectivity index (χ2n) is 4.21. The third kappa shape index (κ3) is 5.24. The lowest BCUT2D eigenvalue weighted by Gasteiger charge is -2.15. The maximum absolute atomic E-state index is 12.2. The molecule has 0 radical (unpaired) electrons. The average molecular weight is 292 g/mol. The van der Waals surface area contributed by atoms with E-state index in [-0.39, 0.29) is 18.6 Å². The van der Waals surface area contributed by atoms with Gasteiger partial charge in [0.1, 0.15) is 5.69 Å². The molecule has 1 rings (SSSR count). The van der Waals surface area contributed by atoms with Crippen LogP contribution < -0.4 is 5.32 Å². The van der Waals surface area contributed by atoms with Crippen LogP contribution in [0.3, 0.4) is 0 Å². The molecule has 2 N–H and O–H groups in total. The highest BCUT2D eigenvalue weighted by molar-refractivity contribution is 7.98. The summed E-state index contributed by atoms with van der Waals surface area (Å²) in [6, 6.07) is 3.65. The summed E-state index contributed by atoms with van der Waals surface area (Å²) in [5.41, 5.74) is 0.940. The Labute approximate surface area is 124 Å². The van der Waals surface area contributed by atoms with E-state index in [1.165, 1.54) is 0 Å². The molecule has 108 valence electrons. The first kappa shape index (κ1) is 16.5. The second-order valence-corrected chi connectivity index (χ2v) is 5.12. The number of aliphatic hydroxyl groups is 1. The van der Waals surface area contributed by atoms with Gasteiger partial charge in [-0.05, 0) is 24.8 Å². The van der Waals surface area contributed by atoms with Crippen molar-refractivity contribution in [2.45, 2.75) is 25.8 Å². The normalized spacial score (nSPS) is 11.3. The van der Waals surface area contributed by atoms with Crippen molar-refractivity contribution in [1.82, 2.24) is 10.3 Å². The number of thioether (sulfide) groups is 1. The summed E-state index contributed by atoms with van der Waals surface area (Å²) in [5, 5.41) is 11.7. The first-order valence-electron chi connectivity index (χ1n) is 6.57. The maximum atomic E-state index is 12.2. The number of hydrogen-bond donors (Lipinski definition) is 2. The van der Waals surface area contributed by atoms with Crippen molar-refractivity contribution in [2.75, 3.05) is 18.6 Å². The van der Waals surface area contributed by atoms with Crippen molar-refractivity contribution in [1.29, 1.82) is 0 Å². The highest BCUT2D eigenvalue weighted by Crippen LogP contribution is 2.07. The Hall–Kier alpha value is -1.51. The van der Waals surface area contributed by atoms with Crippen LogP contribution in [-0.4, -0.2) is 40.7 Å². The molecule has 0 saturated carbocycles. The summed E-state index contributed by atoms with van der Waals surface area (Å²) in [7, 11) is 0. The number of aromatic nitrogens is 1. The molecule has 1 amide bonds. The molecule has 5 heteroatoms. The minimum atomic E-state index is -0.195. The van der Waals surface area contributed by atoms with Gasteiger partial charge in [-0.25, -0.2) is 4.98 Å². The lowest BCUT2D eigenvalue weighted by Crippen LogP contribution is -2.36. The first-order valence-corrected chi connectivity index (χ1v) is 7.96. The molecule has 0 saturated heterocycles. The third-order valence-corrected chi connectivity index (χ3v) is 3.41. The molecule has 1 atom stereocenters. The van der Waals surface area contributed by atoms with Gasteiger partial charge in [0.2, 0.25) is 0 Å². The van der Waals surface area contributed by atoms with E-state index in [0.717, 1.165) is 12.2 Å². The Bertz CT molecular complexity index is 494. The first-order chi connectivity index (χ1) is 9.72. The van der Waals surface area contributed by atoms with E-state index in [9.17, 15) is 4.79 Å². The Morgan fingerprint density at radius 2 is 2.40 bits per heavy atom. The van der Waals surface area contributed by atoms with Crippen molar-refractivity contribution in [3.63, 3.8) is 0 Å². The molecule has 0 aliphatic carbocycles. The van der Waals surface area contributed by atoms with Gasteiger partial charge >= 0.3 is 0 Å². The molecule has 1 heterocycles. The van der Waals surface area contributed by atoms with Gasteiger partial charge in [0.15, 0.2) is 0 Å². The molecule has 20 heavy (non-hydrogen) atoms. The SMILES string of the molecule is CCC(CSC)NC(=O)c1ncccc1C#CCCO. The molecule has 0 aliphatic rings. The third-order valence-electron chi connectivity index (χ3n) is 2.68. The molecular weight excluding hydrogens is 272 g/mol. The van der Waals surface area contributed by atoms with Gasteiger partial charge in [-0.1, -0.05) is 18.8 Å². The molecule has 1 unspecified atom stereocenters. The summed E-state index contributed by atoms with van der Waals surface area (Å²) in [5.74, 6) is 6.38. The van der Waals surface area contributed by atoms with E-state index in [0.29, 0.717) is 17.7 Å². The zero-order valence-corrected chi connectivity index (χ0v) is 12.7. The Balaban J connectivity index is 2.85. The van der Waals surface area contributed by atoms with Crippen LogP contribution in [-0.2, 0) is 0 Å². The lowest BCUT2D eigenvalue weighted by atomic mass is 10.1. The molecular formula is C15H20N2O2S. The highest BCUT2D eigenvalue weighted by Gasteiger charge is 2.15. The quantitative estimate of drug-likeness (QED) is 0.783. The fourth-order valence-corrected chi connectivity index (χ4v) is 2.34. The molecule has 0 fully saturated rings. The van der Waals surface area contributed by atoms with Crippen molar-refractivity contribution in [2.24, 2.45) is 0 Å². The fourth-order valence-electron chi connectivity index (χ4n) is 1.62. The number of carbonyl (C=O) groups is 1. The Kier molecular flexibility index (Phi) is 7.78. The zero-order chi connectivity index (χ0) is 14.8. The number of hydrogen-bond acceptors (Lipinski definition) is 4. The van der Waals surface area contributed by atoms with Crippen LogP contribution in [0.2, 0.25) is 0 Å². The van der Waals surface area contributed by atoms with Crippen LogP contribution >= 0.6 is 11.8 Å². The summed E-state index contributed by atoms with van der Waals surface area (Å²) < 4.78 is 0. The molecule has 0 spiro atoms. The average Bonchev–Trinajstić information content (AvgIpc) is 2.47. The van der Waals surface area contributed by atoms with Crippen molar-refractivity contribution in [3.05, 3.63) is 29.6 Å². The molecule has 0 aliphatic heterocycles. The van der Waals surface area contributed by atoms with E-state index in [4.69, 9.17) is 5.11 Å². The largest absolute Gasteiger partial charge is 0.395 e. The molecule has 0 bridgehead atoms. The van der Waals surface area contributed by atoms with Crippen molar-refractivity contribution >= 4 is 17.7 Å². The van der Waals surface area contributed by atoms with Gasteiger partial charge in [-0.3, -0.25) is 4.79 Å². The Morgan fingerprint density at radius 1 is 1.60 bits per heavy atom. The van der Waals surface area contributed by atoms with Crippen LogP contribution in [0, 0.1) is 11.8 Å². The predicted octanol–water partition coefficient (Wildman–Crippen LogP) is 1.69. The van der Waals surface area contributed by atoms with Gasteiger partial charge in [0.05, 0.1) is 12.2 Å². The van der Waals surface area contributed by atoms with E-state index in [1.807, 2.05) is 13.2 Å². The molecule has 1 aromatic rings. The van der Waals surface area contributed by atoms with Crippen molar-refractivity contribution < 1.29 is 9.90 Å². The minimum absolute atomic E-state index is 0.0143. The van der Waals surface area contributed by atoms with Crippen LogP contribution in [0.1, 0.15) is 35.8 Å². The van der Waals surface area contributed by atoms with E-state index in [2.05, 4.69) is 22.1 Å². The van der Waals surface area contributed by atoms with E-state index >= 15 is 0 Å². The fraction of sp³-hybridized carbons (Fsp3) is 0.467. The van der Waals surface area contributed by atoms with Gasteiger partial charge in [0.25, 0.3) is 5.91 Å². The highest BCUT2D eigenvalue weighted by atomic mass is 32.2. The molecule has 0 aromatic carbocycles. The number of nitrogens with one attached hydrogen (secondary N) is 1. The van der Waals surface area contributed by atoms with Crippen LogP contribution in [0.15, 0.2) is 18.3 Å². The number of amides is 1. The van der Waals surface area contributed by atoms with Gasteiger partial charge in [-0.15, -0.1) is 0 Å². The number of pyridine rings is 1. The lowest BCUT2D eigenvalue weighted by molar-refractivity contribution is 0.0935. The summed E-state index contributed by atoms with van der Waals surface area (Å²) >= 11 is 1.70. The summed E-state index contributed by atoms with van der Waals surface area (Å²) in [6.07, 6.45) is 4.87. The van der Waals surface area contributed by atoms with Gasteiger partial charge < -0.3 is 10.4 Å². The summed E-state index contributed by atoms with van der Waals surface area (Å²) in [4.78, 5) is 16.4. The second kappa shape index (κ2) is 9.40. The van der Waals surface area contributed by atoms with Crippen LogP contribution in [0.4, 0.5) is 0 Å². The molecule has 1 aromatic heterocycles. The standard InChI is InChI=1S/C15H20N2O2S/c1-3-13(11-20-2)17-15(19)14-12(7-4-5-10-18)8-6-9-16-14/h6,8-9,13,18H,3,5,10-11H2,1-2H3,(H,17,19). The number of carbonyl (C=O) groups excluding carboxylic acids is 1. The van der Waals surface area contributed by atoms with Gasteiger partial charge in [0, 0.05) is 24.4 Å². The maximum Gasteiger partial charge on any atom is 0.271 e. The predicted molar refractivity (Wildman–Crippen MR) is 82.7 cm³/mol. The minimum Gasteiger partial charge on any atom is -0.395 e. The summed E-state index contributed by atoms with van der Waals surface area (Å²) in [6.45, 7) is 2.06. The topological polar surface area (TPSA) is 62.2 Å². The number of rotatable bonds is 6. The smallest absolute Gasteiger partial charge is 0.271 e. The molecule has 4 nitrogen and oxygen atoms in total. The Morgan fingerprint density at radius 3 is 3.05 bits per heavy atom. The van der Waals surface area contributed by atoms with Gasteiger partial charge in [-0.2, -0.15) is 11.8 Å². The van der Waals surface area contributed by atoms with Crippen LogP contribution in [0.25, 0.3) is 0 Å². The monoisotopic (exact) mass is 292 g/mol. The van der Waals surface area contributed by atoms with E-state index in [1.54, 1.807) is 30.1 Å². The zero-order valence-electron chi connectivity index (χ0n) is 11.8.